The predicted octanol–water partition coefficient (Wildman–Crippen LogP) is 3.65. The van der Waals surface area contributed by atoms with Crippen LogP contribution in [0.2, 0.25) is 0 Å². The maximum Gasteiger partial charge on any atom is 0.387 e. The minimum atomic E-state index is -3.77. The van der Waals surface area contributed by atoms with Crippen molar-refractivity contribution in [3.63, 3.8) is 0 Å². The van der Waals surface area contributed by atoms with Gasteiger partial charge in [-0.1, -0.05) is 6.07 Å². The summed E-state index contributed by atoms with van der Waals surface area (Å²) < 4.78 is 62.8. The molecule has 2 atom stereocenters. The minimum Gasteiger partial charge on any atom is -0.435 e. The lowest BCUT2D eigenvalue weighted by Crippen LogP contribution is -2.58. The van der Waals surface area contributed by atoms with E-state index in [1.165, 1.54) is 22.5 Å². The molecule has 26 heavy (non-hydrogen) atoms. The van der Waals surface area contributed by atoms with Gasteiger partial charge in [0.2, 0.25) is 10.0 Å². The topological polar surface area (TPSA) is 55.8 Å². The number of ether oxygens (including phenoxy) is 2. The number of hydrogen-bond acceptors (Lipinski definition) is 4. The summed E-state index contributed by atoms with van der Waals surface area (Å²) >= 11 is 0. The number of benzene rings is 1. The summed E-state index contributed by atoms with van der Waals surface area (Å²) in [5.74, 6) is -0.0507. The van der Waals surface area contributed by atoms with Gasteiger partial charge in [-0.25, -0.2) is 8.42 Å². The average molecular weight is 389 g/mol. The van der Waals surface area contributed by atoms with Crippen LogP contribution in [0.4, 0.5) is 8.78 Å². The lowest BCUT2D eigenvalue weighted by molar-refractivity contribution is -0.208. The van der Waals surface area contributed by atoms with Gasteiger partial charge in [0.25, 0.3) is 0 Å². The molecule has 2 aliphatic heterocycles. The first-order valence-electron chi connectivity index (χ1n) is 8.77. The molecule has 146 valence electrons. The molecular formula is C18H25F2NO4S. The van der Waals surface area contributed by atoms with E-state index in [1.54, 1.807) is 0 Å². The predicted molar refractivity (Wildman–Crippen MR) is 92.7 cm³/mol. The van der Waals surface area contributed by atoms with Crippen LogP contribution in [0.1, 0.15) is 40.0 Å². The molecule has 0 N–H and O–H groups in total. The zero-order chi connectivity index (χ0) is 19.2. The Kier molecular flexibility index (Phi) is 5.05. The van der Waals surface area contributed by atoms with Gasteiger partial charge >= 0.3 is 6.61 Å². The van der Waals surface area contributed by atoms with E-state index in [0.717, 1.165) is 18.9 Å². The minimum absolute atomic E-state index is 0.0312. The molecule has 1 aromatic carbocycles. The monoisotopic (exact) mass is 389 g/mol. The lowest BCUT2D eigenvalue weighted by atomic mass is 9.75. The van der Waals surface area contributed by atoms with Crippen LogP contribution in [0.25, 0.3) is 0 Å². The van der Waals surface area contributed by atoms with Crippen LogP contribution in [0.15, 0.2) is 29.2 Å². The van der Waals surface area contributed by atoms with Crippen LogP contribution >= 0.6 is 0 Å². The van der Waals surface area contributed by atoms with Gasteiger partial charge in [0, 0.05) is 25.1 Å². The zero-order valence-corrected chi connectivity index (χ0v) is 16.1. The van der Waals surface area contributed by atoms with Crippen molar-refractivity contribution in [1.29, 1.82) is 0 Å². The van der Waals surface area contributed by atoms with Crippen molar-refractivity contribution in [3.05, 3.63) is 24.3 Å². The smallest absolute Gasteiger partial charge is 0.387 e. The van der Waals surface area contributed by atoms with Crippen molar-refractivity contribution in [2.75, 3.05) is 13.1 Å². The highest BCUT2D eigenvalue weighted by atomic mass is 32.2. The van der Waals surface area contributed by atoms with Crippen LogP contribution in [-0.4, -0.2) is 43.6 Å². The zero-order valence-electron chi connectivity index (χ0n) is 15.2. The van der Waals surface area contributed by atoms with Gasteiger partial charge in [-0.3, -0.25) is 0 Å². The second-order valence-corrected chi connectivity index (χ2v) is 9.81. The largest absolute Gasteiger partial charge is 0.435 e. The second-order valence-electron chi connectivity index (χ2n) is 7.88. The van der Waals surface area contributed by atoms with Crippen molar-refractivity contribution in [2.24, 2.45) is 5.92 Å². The Bertz CT molecular complexity index is 768. The molecule has 2 aliphatic rings. The van der Waals surface area contributed by atoms with Gasteiger partial charge in [-0.15, -0.1) is 0 Å². The van der Waals surface area contributed by atoms with Gasteiger partial charge < -0.3 is 9.47 Å². The first-order chi connectivity index (χ1) is 12.0. The van der Waals surface area contributed by atoms with Gasteiger partial charge in [0.05, 0.1) is 16.1 Å². The molecule has 0 aliphatic carbocycles. The molecule has 2 saturated heterocycles. The molecule has 0 amide bonds. The van der Waals surface area contributed by atoms with Gasteiger partial charge in [-0.2, -0.15) is 13.1 Å². The number of halogens is 2. The summed E-state index contributed by atoms with van der Waals surface area (Å²) in [4.78, 5) is -0.0312. The highest BCUT2D eigenvalue weighted by Gasteiger charge is 2.49. The number of rotatable bonds is 4. The Morgan fingerprint density at radius 2 is 2.00 bits per heavy atom. The average Bonchev–Trinajstić information content (AvgIpc) is 2.52. The number of alkyl halides is 2. The van der Waals surface area contributed by atoms with Crippen molar-refractivity contribution < 1.29 is 26.7 Å². The summed E-state index contributed by atoms with van der Waals surface area (Å²) in [6.45, 7) is 3.89. The third kappa shape index (κ3) is 3.87. The standard InChI is InChI=1S/C18H25F2NO4S/c1-17(2)8-7-13-12-21(10-9-18(13,3)25-17)26(22,23)15-6-4-5-14(11-15)24-16(19)20/h4-6,11,13,16H,7-10,12H2,1-3H3/t13-,18+/m0/s1. The molecule has 0 aromatic heterocycles. The summed E-state index contributed by atoms with van der Waals surface area (Å²) in [6.07, 6.45) is 2.37. The molecule has 0 bridgehead atoms. The quantitative estimate of drug-likeness (QED) is 0.789. The molecule has 2 fully saturated rings. The number of sulfonamides is 1. The van der Waals surface area contributed by atoms with Crippen molar-refractivity contribution in [3.8, 4) is 5.75 Å². The van der Waals surface area contributed by atoms with Crippen LogP contribution in [-0.2, 0) is 14.8 Å². The Hall–Kier alpha value is -1.25. The van der Waals surface area contributed by atoms with Crippen LogP contribution in [0.5, 0.6) is 5.75 Å². The summed E-state index contributed by atoms with van der Waals surface area (Å²) in [7, 11) is -3.77. The molecule has 8 heteroatoms. The number of nitrogens with zero attached hydrogens (tertiary/aromatic N) is 1. The number of piperidine rings is 1. The molecule has 0 spiro atoms. The molecule has 1 aromatic rings. The molecule has 3 rings (SSSR count). The third-order valence-corrected chi connectivity index (χ3v) is 7.28. The fourth-order valence-corrected chi connectivity index (χ4v) is 5.52. The summed E-state index contributed by atoms with van der Waals surface area (Å²) in [5, 5.41) is 0. The molecule has 0 unspecified atom stereocenters. The first-order valence-corrected chi connectivity index (χ1v) is 10.2. The van der Waals surface area contributed by atoms with E-state index in [-0.39, 0.29) is 27.8 Å². The normalized spacial score (nSPS) is 29.4. The fourth-order valence-electron chi connectivity index (χ4n) is 3.99. The van der Waals surface area contributed by atoms with Gasteiger partial charge in [0.1, 0.15) is 5.75 Å². The summed E-state index contributed by atoms with van der Waals surface area (Å²) in [5.41, 5.74) is -0.540. The van der Waals surface area contributed by atoms with Crippen LogP contribution in [0.3, 0.4) is 0 Å². The van der Waals surface area contributed by atoms with E-state index in [2.05, 4.69) is 25.5 Å². The highest BCUT2D eigenvalue weighted by molar-refractivity contribution is 7.89. The molecular weight excluding hydrogens is 364 g/mol. The van der Waals surface area contributed by atoms with E-state index in [0.29, 0.717) is 19.5 Å². The van der Waals surface area contributed by atoms with E-state index >= 15 is 0 Å². The van der Waals surface area contributed by atoms with E-state index in [9.17, 15) is 17.2 Å². The van der Waals surface area contributed by atoms with Crippen molar-refractivity contribution in [2.45, 2.75) is 62.7 Å². The van der Waals surface area contributed by atoms with Crippen molar-refractivity contribution >= 4 is 10.0 Å². The van der Waals surface area contributed by atoms with Crippen molar-refractivity contribution in [1.82, 2.24) is 4.31 Å². The molecule has 0 saturated carbocycles. The maximum absolute atomic E-state index is 13.0. The SMILES string of the molecule is CC1(C)CC[C@H]2CN(S(=O)(=O)c3cccc(OC(F)F)c3)CC[C@@]2(C)O1. The Morgan fingerprint density at radius 1 is 1.27 bits per heavy atom. The Balaban J connectivity index is 1.80. The molecule has 5 nitrogen and oxygen atoms in total. The Labute approximate surface area is 153 Å². The van der Waals surface area contributed by atoms with E-state index in [4.69, 9.17) is 4.74 Å². The Morgan fingerprint density at radius 3 is 2.69 bits per heavy atom. The third-order valence-electron chi connectivity index (χ3n) is 5.42. The fraction of sp³-hybridized carbons (Fsp3) is 0.667. The van der Waals surface area contributed by atoms with Crippen LogP contribution < -0.4 is 4.74 Å². The number of hydrogen-bond donors (Lipinski definition) is 0. The molecule has 0 radical (unpaired) electrons. The van der Waals surface area contributed by atoms with Gasteiger partial charge in [0.15, 0.2) is 0 Å². The van der Waals surface area contributed by atoms with Crippen LogP contribution in [0, 0.1) is 5.92 Å². The second kappa shape index (κ2) is 6.73. The lowest BCUT2D eigenvalue weighted by Gasteiger charge is -2.52. The summed E-state index contributed by atoms with van der Waals surface area (Å²) in [6, 6.07) is 5.28. The van der Waals surface area contributed by atoms with Gasteiger partial charge in [-0.05, 0) is 52.2 Å². The number of fused-ring (bicyclic) bond motifs is 1. The first kappa shape index (κ1) is 19.5. The molecule has 2 heterocycles. The maximum atomic E-state index is 13.0. The van der Waals surface area contributed by atoms with E-state index < -0.39 is 16.6 Å². The highest BCUT2D eigenvalue weighted by Crippen LogP contribution is 2.44. The van der Waals surface area contributed by atoms with E-state index in [1.807, 2.05) is 0 Å².